The molecule has 5 N–H and O–H groups in total. The molecule has 0 bridgehead atoms. The van der Waals surface area contributed by atoms with Crippen LogP contribution in [0.25, 0.3) is 11.0 Å². The highest BCUT2D eigenvalue weighted by Gasteiger charge is 2.16. The second-order valence-corrected chi connectivity index (χ2v) is 5.43. The number of nitrogens with zero attached hydrogens (tertiary/aromatic N) is 3. The number of aromatic nitrogens is 4. The topological polar surface area (TPSA) is 105 Å². The number of hydrogen-bond donors (Lipinski definition) is 4. The van der Waals surface area contributed by atoms with Crippen LogP contribution in [0.15, 0.2) is 6.20 Å². The Hall–Kier alpha value is -1.54. The molecule has 1 atom stereocenters. The normalized spacial score (nSPS) is 19.3. The van der Waals surface area contributed by atoms with E-state index in [4.69, 9.17) is 5.84 Å². The molecule has 0 radical (unpaired) electrons. The lowest BCUT2D eigenvalue weighted by Gasteiger charge is -2.11. The summed E-state index contributed by atoms with van der Waals surface area (Å²) in [7, 11) is 0. The average molecular weight is 265 g/mol. The van der Waals surface area contributed by atoms with E-state index in [9.17, 15) is 0 Å². The van der Waals surface area contributed by atoms with Crippen molar-refractivity contribution < 1.29 is 0 Å². The first-order valence-electron chi connectivity index (χ1n) is 5.86. The number of nitrogens with one attached hydrogen (secondary N) is 3. The van der Waals surface area contributed by atoms with E-state index < -0.39 is 0 Å². The molecule has 7 nitrogen and oxygen atoms in total. The summed E-state index contributed by atoms with van der Waals surface area (Å²) in [5.74, 6) is 9.70. The maximum absolute atomic E-state index is 5.36. The summed E-state index contributed by atoms with van der Waals surface area (Å²) in [6.07, 6.45) is 2.99. The number of fused-ring (bicyclic) bond motifs is 1. The Balaban J connectivity index is 1.82. The zero-order chi connectivity index (χ0) is 12.4. The maximum atomic E-state index is 5.36. The lowest BCUT2D eigenvalue weighted by molar-refractivity contribution is 0.631. The highest BCUT2D eigenvalue weighted by molar-refractivity contribution is 7.99. The van der Waals surface area contributed by atoms with E-state index in [0.717, 1.165) is 17.7 Å². The summed E-state index contributed by atoms with van der Waals surface area (Å²) in [5.41, 5.74) is 3.14. The first-order chi connectivity index (χ1) is 8.86. The molecule has 0 aliphatic carbocycles. The minimum absolute atomic E-state index is 0.384. The molecule has 3 rings (SSSR count). The van der Waals surface area contributed by atoms with Crippen molar-refractivity contribution in [2.24, 2.45) is 11.8 Å². The molecule has 0 saturated carbocycles. The van der Waals surface area contributed by atoms with Crippen LogP contribution in [0, 0.1) is 5.92 Å². The number of nitrogens with two attached hydrogens (primary N) is 1. The van der Waals surface area contributed by atoms with E-state index in [1.807, 2.05) is 11.8 Å². The van der Waals surface area contributed by atoms with Crippen LogP contribution in [0.3, 0.4) is 0 Å². The summed E-state index contributed by atoms with van der Waals surface area (Å²) >= 11 is 2.01. The molecule has 0 spiro atoms. The molecule has 0 aromatic carbocycles. The van der Waals surface area contributed by atoms with E-state index >= 15 is 0 Å². The fourth-order valence-electron chi connectivity index (χ4n) is 2.02. The van der Waals surface area contributed by atoms with E-state index in [0.29, 0.717) is 17.5 Å². The highest BCUT2D eigenvalue weighted by atomic mass is 32.2. The molecule has 1 unspecified atom stereocenters. The van der Waals surface area contributed by atoms with Crippen molar-refractivity contribution in [3.63, 3.8) is 0 Å². The molecular weight excluding hydrogens is 250 g/mol. The number of anilines is 2. The molecule has 96 valence electrons. The highest BCUT2D eigenvalue weighted by Crippen LogP contribution is 2.25. The number of thioether (sulfide) groups is 1. The van der Waals surface area contributed by atoms with Gasteiger partial charge in [-0.05, 0) is 23.8 Å². The average Bonchev–Trinajstić information content (AvgIpc) is 3.06. The standard InChI is InChI=1S/C10H15N7S/c11-16-10-14-8(7-4-13-17-9(7)15-10)12-3-6-1-2-18-5-6/h4,6H,1-3,5,11H2,(H3,12,13,14,15,16,17). The van der Waals surface area contributed by atoms with Crippen molar-refractivity contribution in [3.8, 4) is 0 Å². The lowest BCUT2D eigenvalue weighted by Crippen LogP contribution is -2.16. The Kier molecular flexibility index (Phi) is 3.20. The van der Waals surface area contributed by atoms with Gasteiger partial charge in [-0.2, -0.15) is 26.8 Å². The van der Waals surface area contributed by atoms with Gasteiger partial charge in [0.2, 0.25) is 5.95 Å². The quantitative estimate of drug-likeness (QED) is 0.479. The summed E-state index contributed by atoms with van der Waals surface area (Å²) in [6.45, 7) is 0.925. The summed E-state index contributed by atoms with van der Waals surface area (Å²) in [6, 6.07) is 0. The Morgan fingerprint density at radius 3 is 3.22 bits per heavy atom. The minimum atomic E-state index is 0.384. The number of H-pyrrole nitrogens is 1. The minimum Gasteiger partial charge on any atom is -0.369 e. The van der Waals surface area contributed by atoms with Crippen molar-refractivity contribution in [1.82, 2.24) is 20.2 Å². The van der Waals surface area contributed by atoms with Crippen molar-refractivity contribution in [2.75, 3.05) is 28.8 Å². The Morgan fingerprint density at radius 2 is 2.44 bits per heavy atom. The number of rotatable bonds is 4. The fraction of sp³-hybridized carbons (Fsp3) is 0.500. The molecule has 0 amide bonds. The number of hydrazine groups is 1. The van der Waals surface area contributed by atoms with Gasteiger partial charge in [0.05, 0.1) is 11.6 Å². The van der Waals surface area contributed by atoms with Crippen LogP contribution in [0.1, 0.15) is 6.42 Å². The molecule has 3 heterocycles. The van der Waals surface area contributed by atoms with Crippen molar-refractivity contribution in [1.29, 1.82) is 0 Å². The van der Waals surface area contributed by atoms with Crippen molar-refractivity contribution >= 4 is 34.6 Å². The third kappa shape index (κ3) is 2.21. The Bertz CT molecular complexity index is 534. The third-order valence-electron chi connectivity index (χ3n) is 3.02. The van der Waals surface area contributed by atoms with Gasteiger partial charge in [-0.1, -0.05) is 0 Å². The van der Waals surface area contributed by atoms with Crippen LogP contribution in [0.5, 0.6) is 0 Å². The second-order valence-electron chi connectivity index (χ2n) is 4.28. The first kappa shape index (κ1) is 11.5. The molecule has 8 heteroatoms. The molecule has 1 fully saturated rings. The largest absolute Gasteiger partial charge is 0.369 e. The second kappa shape index (κ2) is 4.99. The van der Waals surface area contributed by atoms with Gasteiger partial charge in [0, 0.05) is 6.54 Å². The molecular formula is C10H15N7S. The SMILES string of the molecule is NNc1nc(NCC2CCSC2)c2cn[nH]c2n1. The fourth-order valence-corrected chi connectivity index (χ4v) is 3.30. The van der Waals surface area contributed by atoms with Gasteiger partial charge < -0.3 is 5.32 Å². The van der Waals surface area contributed by atoms with Gasteiger partial charge in [-0.15, -0.1) is 0 Å². The van der Waals surface area contributed by atoms with Crippen LogP contribution in [0.4, 0.5) is 11.8 Å². The number of hydrogen-bond acceptors (Lipinski definition) is 7. The van der Waals surface area contributed by atoms with E-state index in [-0.39, 0.29) is 0 Å². The zero-order valence-corrected chi connectivity index (χ0v) is 10.6. The van der Waals surface area contributed by atoms with E-state index in [2.05, 4.69) is 30.9 Å². The smallest absolute Gasteiger partial charge is 0.241 e. The summed E-state index contributed by atoms with van der Waals surface area (Å²) < 4.78 is 0. The predicted octanol–water partition coefficient (Wildman–Crippen LogP) is 0.803. The van der Waals surface area contributed by atoms with Crippen LogP contribution >= 0.6 is 11.8 Å². The Morgan fingerprint density at radius 1 is 1.50 bits per heavy atom. The third-order valence-corrected chi connectivity index (χ3v) is 4.25. The van der Waals surface area contributed by atoms with Gasteiger partial charge >= 0.3 is 0 Å². The van der Waals surface area contributed by atoms with Crippen LogP contribution in [-0.2, 0) is 0 Å². The summed E-state index contributed by atoms with van der Waals surface area (Å²) in [4.78, 5) is 8.51. The molecule has 1 aliphatic heterocycles. The van der Waals surface area contributed by atoms with Gasteiger partial charge in [0.1, 0.15) is 5.82 Å². The molecule has 1 saturated heterocycles. The first-order valence-corrected chi connectivity index (χ1v) is 7.01. The summed E-state index contributed by atoms with van der Waals surface area (Å²) in [5, 5.41) is 11.1. The maximum Gasteiger partial charge on any atom is 0.241 e. The molecule has 18 heavy (non-hydrogen) atoms. The van der Waals surface area contributed by atoms with E-state index in [1.54, 1.807) is 6.20 Å². The van der Waals surface area contributed by atoms with Gasteiger partial charge in [0.15, 0.2) is 5.65 Å². The van der Waals surface area contributed by atoms with Gasteiger partial charge in [-0.25, -0.2) is 5.84 Å². The number of nitrogen functional groups attached to an aromatic ring is 1. The predicted molar refractivity (Wildman–Crippen MR) is 73.4 cm³/mol. The van der Waals surface area contributed by atoms with Gasteiger partial charge in [0.25, 0.3) is 0 Å². The van der Waals surface area contributed by atoms with Crippen LogP contribution < -0.4 is 16.6 Å². The Labute approximate surface area is 108 Å². The van der Waals surface area contributed by atoms with E-state index in [1.165, 1.54) is 17.9 Å². The van der Waals surface area contributed by atoms with Gasteiger partial charge in [-0.3, -0.25) is 10.5 Å². The molecule has 2 aromatic rings. The lowest BCUT2D eigenvalue weighted by atomic mass is 10.1. The molecule has 2 aromatic heterocycles. The molecule has 1 aliphatic rings. The zero-order valence-electron chi connectivity index (χ0n) is 9.81. The van der Waals surface area contributed by atoms with Crippen LogP contribution in [0.2, 0.25) is 0 Å². The van der Waals surface area contributed by atoms with Crippen LogP contribution in [-0.4, -0.2) is 38.2 Å². The number of aromatic amines is 1. The van der Waals surface area contributed by atoms with Crippen molar-refractivity contribution in [2.45, 2.75) is 6.42 Å². The van der Waals surface area contributed by atoms with Crippen molar-refractivity contribution in [3.05, 3.63) is 6.20 Å². The monoisotopic (exact) mass is 265 g/mol.